The fourth-order valence-corrected chi connectivity index (χ4v) is 2.26. The molecule has 1 aromatic carbocycles. The molecule has 2 aromatic rings. The minimum absolute atomic E-state index is 0.743. The molecule has 0 fully saturated rings. The van der Waals surface area contributed by atoms with Crippen LogP contribution in [0, 0.1) is 6.92 Å². The lowest BCUT2D eigenvalue weighted by Crippen LogP contribution is -1.93. The smallest absolute Gasteiger partial charge is 0.0587 e. The van der Waals surface area contributed by atoms with Crippen molar-refractivity contribution in [3.63, 3.8) is 0 Å². The third-order valence-electron chi connectivity index (χ3n) is 2.32. The Bertz CT molecular complexity index is 494. The molecule has 0 aliphatic heterocycles. The van der Waals surface area contributed by atoms with Crippen molar-refractivity contribution in [2.45, 2.75) is 13.5 Å². The highest BCUT2D eigenvalue weighted by molar-refractivity contribution is 9.10. The number of halogens is 1. The number of hydrogen-bond donors (Lipinski definition) is 0. The molecule has 3 heteroatoms. The molecule has 0 aliphatic rings. The van der Waals surface area contributed by atoms with Gasteiger partial charge in [0.2, 0.25) is 0 Å². The van der Waals surface area contributed by atoms with E-state index in [9.17, 15) is 0 Å². The van der Waals surface area contributed by atoms with Gasteiger partial charge in [-0.1, -0.05) is 28.1 Å². The summed E-state index contributed by atoms with van der Waals surface area (Å²) in [6.07, 6.45) is 5.75. The van der Waals surface area contributed by atoms with Crippen LogP contribution in [-0.2, 0) is 6.54 Å². The number of aryl methyl sites for hydroxylation is 1. The van der Waals surface area contributed by atoms with Crippen LogP contribution in [-0.4, -0.2) is 9.78 Å². The minimum atomic E-state index is 0.743. The van der Waals surface area contributed by atoms with Gasteiger partial charge in [-0.25, -0.2) is 0 Å². The molecule has 2 rings (SSSR count). The second-order valence-corrected chi connectivity index (χ2v) is 4.67. The van der Waals surface area contributed by atoms with Gasteiger partial charge in [-0.15, -0.1) is 6.58 Å². The van der Waals surface area contributed by atoms with Gasteiger partial charge in [0.05, 0.1) is 12.7 Å². The van der Waals surface area contributed by atoms with E-state index in [2.05, 4.69) is 52.7 Å². The fourth-order valence-electron chi connectivity index (χ4n) is 1.65. The Labute approximate surface area is 104 Å². The molecular formula is C13H13BrN2. The molecule has 2 nitrogen and oxygen atoms in total. The summed E-state index contributed by atoms with van der Waals surface area (Å²) in [7, 11) is 0. The van der Waals surface area contributed by atoms with Gasteiger partial charge in [0, 0.05) is 16.2 Å². The maximum Gasteiger partial charge on any atom is 0.0587 e. The molecule has 1 heterocycles. The predicted molar refractivity (Wildman–Crippen MR) is 70.3 cm³/mol. The third-order valence-corrected chi connectivity index (χ3v) is 2.78. The lowest BCUT2D eigenvalue weighted by molar-refractivity contribution is 0.703. The second-order valence-electron chi connectivity index (χ2n) is 3.76. The molecule has 0 radical (unpaired) electrons. The standard InChI is InChI=1S/C13H13BrN2/c1-3-4-16-9-12(8-15-16)11-5-10(2)6-13(14)7-11/h3,5-9H,1,4H2,2H3. The van der Waals surface area contributed by atoms with Gasteiger partial charge in [-0.3, -0.25) is 4.68 Å². The largest absolute Gasteiger partial charge is 0.268 e. The van der Waals surface area contributed by atoms with Crippen molar-refractivity contribution in [2.24, 2.45) is 0 Å². The van der Waals surface area contributed by atoms with Crippen LogP contribution in [0.3, 0.4) is 0 Å². The van der Waals surface area contributed by atoms with Crippen molar-refractivity contribution in [1.82, 2.24) is 9.78 Å². The normalized spacial score (nSPS) is 10.4. The van der Waals surface area contributed by atoms with Gasteiger partial charge in [0.15, 0.2) is 0 Å². The summed E-state index contributed by atoms with van der Waals surface area (Å²) in [5, 5.41) is 4.27. The summed E-state index contributed by atoms with van der Waals surface area (Å²) >= 11 is 3.50. The van der Waals surface area contributed by atoms with Crippen molar-refractivity contribution in [3.05, 3.63) is 53.3 Å². The summed E-state index contributed by atoms with van der Waals surface area (Å²) in [5.74, 6) is 0. The van der Waals surface area contributed by atoms with Crippen molar-refractivity contribution >= 4 is 15.9 Å². The van der Waals surface area contributed by atoms with Crippen LogP contribution in [0.15, 0.2) is 47.7 Å². The summed E-state index contributed by atoms with van der Waals surface area (Å²) in [4.78, 5) is 0. The molecule has 0 saturated carbocycles. The first kappa shape index (κ1) is 11.1. The van der Waals surface area contributed by atoms with E-state index in [-0.39, 0.29) is 0 Å². The molecule has 82 valence electrons. The average molecular weight is 277 g/mol. The zero-order valence-corrected chi connectivity index (χ0v) is 10.7. The van der Waals surface area contributed by atoms with Crippen LogP contribution in [0.1, 0.15) is 5.56 Å². The Morgan fingerprint density at radius 1 is 1.38 bits per heavy atom. The molecule has 0 spiro atoms. The Hall–Kier alpha value is -1.35. The molecule has 0 aliphatic carbocycles. The Balaban J connectivity index is 2.38. The van der Waals surface area contributed by atoms with Gasteiger partial charge in [0.1, 0.15) is 0 Å². The van der Waals surface area contributed by atoms with Crippen LogP contribution < -0.4 is 0 Å². The van der Waals surface area contributed by atoms with E-state index in [1.807, 2.05) is 23.2 Å². The van der Waals surface area contributed by atoms with Crippen LogP contribution in [0.2, 0.25) is 0 Å². The molecule has 0 bridgehead atoms. The first-order valence-electron chi connectivity index (χ1n) is 5.10. The highest BCUT2D eigenvalue weighted by atomic mass is 79.9. The monoisotopic (exact) mass is 276 g/mol. The van der Waals surface area contributed by atoms with Crippen molar-refractivity contribution in [2.75, 3.05) is 0 Å². The minimum Gasteiger partial charge on any atom is -0.268 e. The fraction of sp³-hybridized carbons (Fsp3) is 0.154. The SMILES string of the molecule is C=CCn1cc(-c2cc(C)cc(Br)c2)cn1. The predicted octanol–water partition coefficient (Wildman–Crippen LogP) is 3.81. The summed E-state index contributed by atoms with van der Waals surface area (Å²) in [6.45, 7) is 6.53. The van der Waals surface area contributed by atoms with E-state index in [1.54, 1.807) is 0 Å². The van der Waals surface area contributed by atoms with Crippen LogP contribution in [0.5, 0.6) is 0 Å². The number of allylic oxidation sites excluding steroid dienone is 1. The number of hydrogen-bond acceptors (Lipinski definition) is 1. The van der Waals surface area contributed by atoms with Crippen molar-refractivity contribution in [3.8, 4) is 11.1 Å². The van der Waals surface area contributed by atoms with E-state index in [0.29, 0.717) is 0 Å². The summed E-state index contributed by atoms with van der Waals surface area (Å²) in [6, 6.07) is 6.35. The van der Waals surface area contributed by atoms with Gasteiger partial charge < -0.3 is 0 Å². The number of benzene rings is 1. The maximum absolute atomic E-state index is 4.27. The second kappa shape index (κ2) is 4.66. The molecule has 1 aromatic heterocycles. The Morgan fingerprint density at radius 3 is 2.88 bits per heavy atom. The first-order valence-corrected chi connectivity index (χ1v) is 5.89. The van der Waals surface area contributed by atoms with E-state index in [0.717, 1.165) is 16.6 Å². The topological polar surface area (TPSA) is 17.8 Å². The quantitative estimate of drug-likeness (QED) is 0.780. The van der Waals surface area contributed by atoms with E-state index in [4.69, 9.17) is 0 Å². The molecule has 0 atom stereocenters. The van der Waals surface area contributed by atoms with Gasteiger partial charge in [-0.2, -0.15) is 5.10 Å². The molecule has 0 N–H and O–H groups in total. The highest BCUT2D eigenvalue weighted by Crippen LogP contribution is 2.24. The van der Waals surface area contributed by atoms with Crippen molar-refractivity contribution in [1.29, 1.82) is 0 Å². The summed E-state index contributed by atoms with van der Waals surface area (Å²) < 4.78 is 2.97. The first-order chi connectivity index (χ1) is 7.69. The van der Waals surface area contributed by atoms with Crippen LogP contribution in [0.25, 0.3) is 11.1 Å². The van der Waals surface area contributed by atoms with E-state index in [1.165, 1.54) is 11.1 Å². The van der Waals surface area contributed by atoms with Gasteiger partial charge in [0.25, 0.3) is 0 Å². The number of rotatable bonds is 3. The van der Waals surface area contributed by atoms with E-state index >= 15 is 0 Å². The molecule has 16 heavy (non-hydrogen) atoms. The maximum atomic E-state index is 4.27. The number of aromatic nitrogens is 2. The Kier molecular flexibility index (Phi) is 3.25. The van der Waals surface area contributed by atoms with Crippen LogP contribution in [0.4, 0.5) is 0 Å². The molecule has 0 saturated heterocycles. The summed E-state index contributed by atoms with van der Waals surface area (Å²) in [5.41, 5.74) is 3.55. The third kappa shape index (κ3) is 2.42. The zero-order chi connectivity index (χ0) is 11.5. The molecular weight excluding hydrogens is 264 g/mol. The van der Waals surface area contributed by atoms with Gasteiger partial charge >= 0.3 is 0 Å². The zero-order valence-electron chi connectivity index (χ0n) is 9.15. The molecule has 0 amide bonds. The number of nitrogens with zero attached hydrogens (tertiary/aromatic N) is 2. The average Bonchev–Trinajstić information content (AvgIpc) is 2.65. The lowest BCUT2D eigenvalue weighted by Gasteiger charge is -2.01. The Morgan fingerprint density at radius 2 is 2.19 bits per heavy atom. The highest BCUT2D eigenvalue weighted by Gasteiger charge is 2.02. The van der Waals surface area contributed by atoms with E-state index < -0.39 is 0 Å². The van der Waals surface area contributed by atoms with Crippen LogP contribution >= 0.6 is 15.9 Å². The van der Waals surface area contributed by atoms with Crippen molar-refractivity contribution < 1.29 is 0 Å². The lowest BCUT2D eigenvalue weighted by atomic mass is 10.1. The van der Waals surface area contributed by atoms with Gasteiger partial charge in [-0.05, 0) is 30.2 Å². The molecule has 0 unspecified atom stereocenters.